The molecule has 8 nitrogen and oxygen atoms in total. The molecule has 0 fully saturated rings. The van der Waals surface area contributed by atoms with Crippen molar-refractivity contribution in [2.75, 3.05) is 11.9 Å². The van der Waals surface area contributed by atoms with Crippen molar-refractivity contribution in [3.63, 3.8) is 0 Å². The van der Waals surface area contributed by atoms with Crippen LogP contribution in [0.15, 0.2) is 12.3 Å². The van der Waals surface area contributed by atoms with Crippen LogP contribution in [-0.4, -0.2) is 34.2 Å². The van der Waals surface area contributed by atoms with Crippen molar-refractivity contribution in [2.24, 2.45) is 5.73 Å². The minimum Gasteiger partial charge on any atom is -0.462 e. The third-order valence-corrected chi connectivity index (χ3v) is 4.55. The molecule has 26 heavy (non-hydrogen) atoms. The summed E-state index contributed by atoms with van der Waals surface area (Å²) in [7, 11) is 0. The first-order valence-corrected chi connectivity index (χ1v) is 8.32. The van der Waals surface area contributed by atoms with Gasteiger partial charge in [0, 0.05) is 6.20 Å². The Hall–Kier alpha value is -2.82. The highest BCUT2D eigenvalue weighted by atomic mass is 32.1. The van der Waals surface area contributed by atoms with Crippen LogP contribution in [0.5, 0.6) is 0 Å². The molecule has 2 rings (SSSR count). The maximum absolute atomic E-state index is 12.9. The van der Waals surface area contributed by atoms with E-state index in [1.54, 1.807) is 6.92 Å². The van der Waals surface area contributed by atoms with Crippen molar-refractivity contribution in [1.82, 2.24) is 9.78 Å². The smallest absolute Gasteiger partial charge is 0.341 e. The number of primary amides is 1. The first-order chi connectivity index (χ1) is 12.3. The monoisotopic (exact) mass is 386 g/mol. The van der Waals surface area contributed by atoms with Crippen molar-refractivity contribution < 1.29 is 27.9 Å². The molecule has 0 aliphatic rings. The van der Waals surface area contributed by atoms with Crippen molar-refractivity contribution in [1.29, 1.82) is 0 Å². The molecule has 2 amide bonds. The van der Waals surface area contributed by atoms with Crippen LogP contribution in [0.25, 0.3) is 0 Å². The Bertz CT molecular complexity index is 847. The van der Waals surface area contributed by atoms with E-state index in [9.17, 15) is 23.2 Å². The normalized spacial score (nSPS) is 10.8. The molecule has 11 heteroatoms. The molecule has 0 saturated heterocycles. The van der Waals surface area contributed by atoms with Gasteiger partial charge in [0.05, 0.1) is 17.0 Å². The zero-order chi connectivity index (χ0) is 19.4. The molecule has 0 bridgehead atoms. The summed E-state index contributed by atoms with van der Waals surface area (Å²) in [6.45, 7) is 0.423. The number of nitrogens with two attached hydrogens (primary N) is 1. The number of hydrogen-bond acceptors (Lipinski definition) is 6. The summed E-state index contributed by atoms with van der Waals surface area (Å²) in [5, 5.41) is 5.72. The average molecular weight is 386 g/mol. The molecule has 140 valence electrons. The van der Waals surface area contributed by atoms with Gasteiger partial charge in [-0.1, -0.05) is 6.92 Å². The third-order valence-electron chi connectivity index (χ3n) is 3.33. The molecular weight excluding hydrogens is 370 g/mol. The number of thiophene rings is 1. The molecule has 0 spiro atoms. The highest BCUT2D eigenvalue weighted by Crippen LogP contribution is 2.34. The summed E-state index contributed by atoms with van der Waals surface area (Å²) in [6.07, 6.45) is 1.62. The fraction of sp³-hybridized carbons (Fsp3) is 0.333. The topological polar surface area (TPSA) is 116 Å². The molecular formula is C15H16F2N4O4S. The minimum absolute atomic E-state index is 0.00980. The summed E-state index contributed by atoms with van der Waals surface area (Å²) in [5.74, 6) is -2.44. The van der Waals surface area contributed by atoms with Gasteiger partial charge in [0.25, 0.3) is 11.8 Å². The summed E-state index contributed by atoms with van der Waals surface area (Å²) in [4.78, 5) is 36.2. The number of hydrogen-bond donors (Lipinski definition) is 2. The molecule has 0 saturated carbocycles. The van der Waals surface area contributed by atoms with Crippen LogP contribution in [0.1, 0.15) is 56.0 Å². The second-order valence-corrected chi connectivity index (χ2v) is 6.17. The van der Waals surface area contributed by atoms with E-state index in [1.807, 2.05) is 0 Å². The number of halogens is 2. The lowest BCUT2D eigenvalue weighted by atomic mass is 10.1. The van der Waals surface area contributed by atoms with E-state index >= 15 is 0 Å². The molecule has 3 N–H and O–H groups in total. The van der Waals surface area contributed by atoms with E-state index in [4.69, 9.17) is 10.5 Å². The molecule has 0 aliphatic carbocycles. The standard InChI is InChI=1S/C15H16F2N4O4S/c1-3-6-25-14(24)9-7(2)10(11(18)22)26-13(9)20-12(23)8-4-5-19-21(8)15(16)17/h4-5,15H,3,6H2,1-2H3,(H2,18,22)(H,20,23). The molecule has 0 aromatic carbocycles. The van der Waals surface area contributed by atoms with Gasteiger partial charge in [-0.25, -0.2) is 4.79 Å². The zero-order valence-electron chi connectivity index (χ0n) is 13.9. The first kappa shape index (κ1) is 19.5. The highest BCUT2D eigenvalue weighted by Gasteiger charge is 2.27. The van der Waals surface area contributed by atoms with Gasteiger partial charge >= 0.3 is 12.5 Å². The van der Waals surface area contributed by atoms with Crippen molar-refractivity contribution in [2.45, 2.75) is 26.8 Å². The Labute approximate surface area is 150 Å². The molecule has 0 aliphatic heterocycles. The lowest BCUT2D eigenvalue weighted by Gasteiger charge is -2.09. The van der Waals surface area contributed by atoms with E-state index in [1.165, 1.54) is 6.92 Å². The number of carbonyl (C=O) groups excluding carboxylic acids is 3. The van der Waals surface area contributed by atoms with Gasteiger partial charge in [-0.3, -0.25) is 9.59 Å². The van der Waals surface area contributed by atoms with Crippen LogP contribution < -0.4 is 11.1 Å². The van der Waals surface area contributed by atoms with Gasteiger partial charge in [-0.2, -0.15) is 18.6 Å². The summed E-state index contributed by atoms with van der Waals surface area (Å²) >= 11 is 0.771. The third kappa shape index (κ3) is 3.87. The maximum atomic E-state index is 12.9. The number of nitrogens with one attached hydrogen (secondary N) is 1. The predicted octanol–water partition coefficient (Wildman–Crippen LogP) is 2.57. The number of ether oxygens (including phenoxy) is 1. The predicted molar refractivity (Wildman–Crippen MR) is 89.6 cm³/mol. The zero-order valence-corrected chi connectivity index (χ0v) is 14.7. The minimum atomic E-state index is -3.01. The van der Waals surface area contributed by atoms with Crippen LogP contribution in [0.3, 0.4) is 0 Å². The SMILES string of the molecule is CCCOC(=O)c1c(NC(=O)c2ccnn2C(F)F)sc(C(N)=O)c1C. The van der Waals surface area contributed by atoms with Gasteiger partial charge in [0.1, 0.15) is 10.7 Å². The molecule has 0 radical (unpaired) electrons. The Morgan fingerprint density at radius 1 is 1.42 bits per heavy atom. The van der Waals surface area contributed by atoms with Gasteiger partial charge in [0.15, 0.2) is 0 Å². The van der Waals surface area contributed by atoms with Gasteiger partial charge in [-0.15, -0.1) is 11.3 Å². The van der Waals surface area contributed by atoms with Crippen molar-refractivity contribution in [3.8, 4) is 0 Å². The first-order valence-electron chi connectivity index (χ1n) is 7.51. The Morgan fingerprint density at radius 3 is 2.69 bits per heavy atom. The van der Waals surface area contributed by atoms with Gasteiger partial charge in [-0.05, 0) is 25.0 Å². The van der Waals surface area contributed by atoms with Gasteiger partial charge in [0.2, 0.25) is 0 Å². The van der Waals surface area contributed by atoms with Crippen molar-refractivity contribution in [3.05, 3.63) is 34.0 Å². The number of aromatic nitrogens is 2. The number of amides is 2. The fourth-order valence-electron chi connectivity index (χ4n) is 2.17. The second-order valence-electron chi connectivity index (χ2n) is 5.15. The van der Waals surface area contributed by atoms with E-state index in [2.05, 4.69) is 10.4 Å². The number of anilines is 1. The van der Waals surface area contributed by atoms with Crippen LogP contribution in [0, 0.1) is 6.92 Å². The molecule has 2 heterocycles. The van der Waals surface area contributed by atoms with Crippen molar-refractivity contribution >= 4 is 34.1 Å². The fourth-order valence-corrected chi connectivity index (χ4v) is 3.21. The molecule has 0 atom stereocenters. The molecule has 2 aromatic heterocycles. The Balaban J connectivity index is 2.40. The molecule has 0 unspecified atom stereocenters. The highest BCUT2D eigenvalue weighted by molar-refractivity contribution is 7.18. The van der Waals surface area contributed by atoms with Crippen LogP contribution in [0.2, 0.25) is 0 Å². The Morgan fingerprint density at radius 2 is 2.12 bits per heavy atom. The number of alkyl halides is 2. The van der Waals surface area contributed by atoms with Crippen LogP contribution >= 0.6 is 11.3 Å². The van der Waals surface area contributed by atoms with E-state index in [-0.39, 0.29) is 32.3 Å². The second kappa shape index (κ2) is 8.04. The largest absolute Gasteiger partial charge is 0.462 e. The Kier molecular flexibility index (Phi) is 6.03. The molecule has 2 aromatic rings. The number of carbonyl (C=O) groups is 3. The number of nitrogens with zero attached hydrogens (tertiary/aromatic N) is 2. The lowest BCUT2D eigenvalue weighted by Crippen LogP contribution is -2.19. The number of esters is 1. The number of rotatable bonds is 7. The van der Waals surface area contributed by atoms with Crippen LogP contribution in [-0.2, 0) is 4.74 Å². The summed E-state index contributed by atoms with van der Waals surface area (Å²) < 4.78 is 31.0. The summed E-state index contributed by atoms with van der Waals surface area (Å²) in [6, 6.07) is 1.10. The quantitative estimate of drug-likeness (QED) is 0.710. The average Bonchev–Trinajstić information content (AvgIpc) is 3.17. The lowest BCUT2D eigenvalue weighted by molar-refractivity contribution is 0.0503. The van der Waals surface area contributed by atoms with E-state index < -0.39 is 30.0 Å². The van der Waals surface area contributed by atoms with Gasteiger partial charge < -0.3 is 15.8 Å². The summed E-state index contributed by atoms with van der Waals surface area (Å²) in [5.41, 5.74) is 5.09. The van der Waals surface area contributed by atoms with Crippen LogP contribution in [0.4, 0.5) is 13.8 Å². The van der Waals surface area contributed by atoms with E-state index in [0.29, 0.717) is 6.42 Å². The van der Waals surface area contributed by atoms with E-state index in [0.717, 1.165) is 23.6 Å². The maximum Gasteiger partial charge on any atom is 0.341 e.